The van der Waals surface area contributed by atoms with E-state index in [-0.39, 0.29) is 30.8 Å². The fourth-order valence-electron chi connectivity index (χ4n) is 10.2. The fraction of sp³-hybridized carbons (Fsp3) is 0.925. The summed E-state index contributed by atoms with van der Waals surface area (Å²) in [6.07, 6.45) is 16.1. The van der Waals surface area contributed by atoms with Gasteiger partial charge in [0.05, 0.1) is 52.9 Å². The lowest BCUT2D eigenvalue weighted by Crippen LogP contribution is -2.51. The molecule has 1 amide bonds. The molecule has 4 rings (SSSR count). The molecule has 9 nitrogen and oxygen atoms in total. The second-order valence-electron chi connectivity index (χ2n) is 16.6. The number of fused-ring (bicyclic) bond motifs is 5. The number of carbonyl (C=O) groups excluding carboxylic acids is 1. The van der Waals surface area contributed by atoms with Gasteiger partial charge in [-0.15, -0.1) is 0 Å². The molecule has 0 heterocycles. The molecule has 0 aliphatic heterocycles. The van der Waals surface area contributed by atoms with Crippen LogP contribution < -0.4 is 5.32 Å². The van der Waals surface area contributed by atoms with Crippen molar-refractivity contribution in [3.63, 3.8) is 0 Å². The van der Waals surface area contributed by atoms with Crippen molar-refractivity contribution in [3.05, 3.63) is 11.6 Å². The minimum atomic E-state index is -0.846. The van der Waals surface area contributed by atoms with Crippen LogP contribution in [-0.4, -0.2) is 94.5 Å². The summed E-state index contributed by atoms with van der Waals surface area (Å²) in [5.74, 6) is 5.01. The van der Waals surface area contributed by atoms with Gasteiger partial charge in [-0.05, 0) is 97.7 Å². The molecule has 0 aromatic rings. The molecule has 9 atom stereocenters. The number of aliphatic hydroxyl groups is 2. The molecule has 49 heavy (non-hydrogen) atoms. The van der Waals surface area contributed by atoms with E-state index in [1.807, 2.05) is 0 Å². The Bertz CT molecular complexity index is 1010. The average Bonchev–Trinajstić information content (AvgIpc) is 3.43. The van der Waals surface area contributed by atoms with Gasteiger partial charge in [0.2, 0.25) is 0 Å². The molecular formula is C40H71NO8. The summed E-state index contributed by atoms with van der Waals surface area (Å²) in [6.45, 7) is 16.0. The van der Waals surface area contributed by atoms with E-state index in [1.165, 1.54) is 51.4 Å². The zero-order chi connectivity index (χ0) is 35.3. The van der Waals surface area contributed by atoms with E-state index in [2.05, 4.69) is 46.0 Å². The topological polar surface area (TPSA) is 116 Å². The van der Waals surface area contributed by atoms with Crippen LogP contribution in [0, 0.1) is 46.3 Å². The van der Waals surface area contributed by atoms with Crippen LogP contribution in [0.5, 0.6) is 0 Å². The maximum atomic E-state index is 12.6. The van der Waals surface area contributed by atoms with Gasteiger partial charge in [0, 0.05) is 19.6 Å². The highest BCUT2D eigenvalue weighted by Gasteiger charge is 2.59. The number of ether oxygens (including phenoxy) is 5. The maximum Gasteiger partial charge on any atom is 0.407 e. The van der Waals surface area contributed by atoms with Crippen LogP contribution in [0.2, 0.25) is 0 Å². The Balaban J connectivity index is 1.07. The van der Waals surface area contributed by atoms with Gasteiger partial charge >= 0.3 is 6.09 Å². The number of hydrogen-bond donors (Lipinski definition) is 3. The molecule has 0 unspecified atom stereocenters. The van der Waals surface area contributed by atoms with Gasteiger partial charge in [-0.2, -0.15) is 0 Å². The van der Waals surface area contributed by atoms with Gasteiger partial charge in [0.1, 0.15) is 12.2 Å². The van der Waals surface area contributed by atoms with Crippen LogP contribution in [0.3, 0.4) is 0 Å². The Hall–Kier alpha value is -1.23. The monoisotopic (exact) mass is 694 g/mol. The number of nitrogens with one attached hydrogen (secondary N) is 1. The lowest BCUT2D eigenvalue weighted by Gasteiger charge is -2.58. The molecule has 0 radical (unpaired) electrons. The van der Waals surface area contributed by atoms with Gasteiger partial charge in [0.15, 0.2) is 0 Å². The lowest BCUT2D eigenvalue weighted by atomic mass is 9.47. The lowest BCUT2D eigenvalue weighted by molar-refractivity contribution is -0.0581. The van der Waals surface area contributed by atoms with Crippen molar-refractivity contribution in [2.24, 2.45) is 46.3 Å². The van der Waals surface area contributed by atoms with Crippen LogP contribution in [0.25, 0.3) is 0 Å². The molecule has 9 heteroatoms. The summed E-state index contributed by atoms with van der Waals surface area (Å²) in [4.78, 5) is 12.6. The average molecular weight is 694 g/mol. The quantitative estimate of drug-likeness (QED) is 0.0826. The van der Waals surface area contributed by atoms with Gasteiger partial charge in [-0.1, -0.05) is 65.5 Å². The number of carbonyl (C=O) groups is 1. The molecule has 0 saturated heterocycles. The van der Waals surface area contributed by atoms with Crippen molar-refractivity contribution in [2.45, 2.75) is 124 Å². The van der Waals surface area contributed by atoms with Crippen LogP contribution in [0.15, 0.2) is 11.6 Å². The minimum Gasteiger partial charge on any atom is -0.446 e. The second-order valence-corrected chi connectivity index (χ2v) is 16.6. The molecule has 0 aromatic carbocycles. The van der Waals surface area contributed by atoms with E-state index in [0.29, 0.717) is 58.2 Å². The summed E-state index contributed by atoms with van der Waals surface area (Å²) < 4.78 is 27.6. The minimum absolute atomic E-state index is 0.0312. The molecule has 4 aliphatic carbocycles. The highest BCUT2D eigenvalue weighted by atomic mass is 16.6. The highest BCUT2D eigenvalue weighted by molar-refractivity contribution is 5.67. The molecule has 3 fully saturated rings. The highest BCUT2D eigenvalue weighted by Crippen LogP contribution is 2.67. The Kier molecular flexibility index (Phi) is 16.7. The van der Waals surface area contributed by atoms with E-state index in [4.69, 9.17) is 28.8 Å². The van der Waals surface area contributed by atoms with E-state index in [0.717, 1.165) is 61.2 Å². The molecule has 284 valence electrons. The summed E-state index contributed by atoms with van der Waals surface area (Å²) in [6, 6.07) is 0. The number of allylic oxidation sites excluding steroid dienone is 1. The van der Waals surface area contributed by atoms with E-state index in [1.54, 1.807) is 5.57 Å². The predicted octanol–water partition coefficient (Wildman–Crippen LogP) is 6.93. The van der Waals surface area contributed by atoms with Crippen molar-refractivity contribution in [2.75, 3.05) is 66.0 Å². The van der Waals surface area contributed by atoms with Crippen LogP contribution in [-0.2, 0) is 23.7 Å². The number of alkyl carbamates (subject to hydrolysis) is 1. The zero-order valence-corrected chi connectivity index (χ0v) is 31.6. The van der Waals surface area contributed by atoms with Gasteiger partial charge in [0.25, 0.3) is 0 Å². The Labute approximate surface area is 297 Å². The molecule has 3 saturated carbocycles. The third kappa shape index (κ3) is 11.4. The number of amides is 1. The number of hydrogen-bond acceptors (Lipinski definition) is 8. The second kappa shape index (κ2) is 20.1. The molecule has 0 bridgehead atoms. The largest absolute Gasteiger partial charge is 0.446 e. The Morgan fingerprint density at radius 2 is 1.57 bits per heavy atom. The summed E-state index contributed by atoms with van der Waals surface area (Å²) in [5, 5.41) is 20.8. The van der Waals surface area contributed by atoms with Gasteiger partial charge in [-0.3, -0.25) is 0 Å². The normalized spacial score (nSPS) is 32.2. The van der Waals surface area contributed by atoms with Crippen molar-refractivity contribution in [1.29, 1.82) is 0 Å². The standard InChI is InChI=1S/C40H71NO8/c1-29(2)8-6-9-30(3)35-12-13-36-34-11-10-31-26-33(14-16-39(31,4)37(34)15-17-40(35,36)5)49-38(44)41-18-7-19-45-20-21-46-22-23-47-24-25-48-28-32(43)27-42/h10,29-30,32-37,42-43H,6-9,11-28H2,1-5H3,(H,41,44)/t30-,32-,33+,34+,35-,36+,37+,39+,40-/m1/s1. The van der Waals surface area contributed by atoms with Crippen molar-refractivity contribution >= 4 is 6.09 Å². The van der Waals surface area contributed by atoms with E-state index < -0.39 is 6.10 Å². The summed E-state index contributed by atoms with van der Waals surface area (Å²) in [5.41, 5.74) is 2.33. The Morgan fingerprint density at radius 1 is 0.878 bits per heavy atom. The predicted molar refractivity (Wildman–Crippen MR) is 192 cm³/mol. The van der Waals surface area contributed by atoms with Crippen LogP contribution in [0.1, 0.15) is 112 Å². The number of aliphatic hydroxyl groups excluding tert-OH is 2. The van der Waals surface area contributed by atoms with Crippen molar-refractivity contribution < 1.29 is 38.7 Å². The first-order valence-corrected chi connectivity index (χ1v) is 19.8. The fourth-order valence-corrected chi connectivity index (χ4v) is 10.2. The van der Waals surface area contributed by atoms with Crippen LogP contribution >= 0.6 is 0 Å². The van der Waals surface area contributed by atoms with Crippen molar-refractivity contribution in [1.82, 2.24) is 5.32 Å². The molecule has 4 aliphatic rings. The van der Waals surface area contributed by atoms with Gasteiger partial charge < -0.3 is 39.2 Å². The first-order valence-electron chi connectivity index (χ1n) is 19.8. The zero-order valence-electron chi connectivity index (χ0n) is 31.6. The molecular weight excluding hydrogens is 622 g/mol. The van der Waals surface area contributed by atoms with Gasteiger partial charge in [-0.25, -0.2) is 4.79 Å². The molecule has 0 spiro atoms. The summed E-state index contributed by atoms with van der Waals surface area (Å²) >= 11 is 0. The first kappa shape index (κ1) is 40.5. The Morgan fingerprint density at radius 3 is 2.27 bits per heavy atom. The van der Waals surface area contributed by atoms with Crippen molar-refractivity contribution in [3.8, 4) is 0 Å². The van der Waals surface area contributed by atoms with E-state index >= 15 is 0 Å². The molecule has 0 aromatic heterocycles. The maximum absolute atomic E-state index is 12.6. The third-order valence-electron chi connectivity index (χ3n) is 12.9. The smallest absolute Gasteiger partial charge is 0.407 e. The molecule has 3 N–H and O–H groups in total. The van der Waals surface area contributed by atoms with E-state index in [9.17, 15) is 9.90 Å². The summed E-state index contributed by atoms with van der Waals surface area (Å²) in [7, 11) is 0. The first-order chi connectivity index (χ1) is 23.6. The van der Waals surface area contributed by atoms with Crippen LogP contribution in [0.4, 0.5) is 4.79 Å². The third-order valence-corrected chi connectivity index (χ3v) is 12.9. The SMILES string of the molecule is CC(C)CCC[C@@H](C)[C@H]1CC[C@H]2[C@@H]3CC=C4C[C@@H](OC(=O)NCCCOCCOCCOCCOC[C@H](O)CO)CC[C@]4(C)[C@H]3CC[C@]12C. The number of rotatable bonds is 22.